The van der Waals surface area contributed by atoms with Crippen molar-refractivity contribution in [2.24, 2.45) is 0 Å². The molecule has 0 aromatic rings. The van der Waals surface area contributed by atoms with Crippen LogP contribution in [0, 0.1) is 0 Å². The minimum absolute atomic E-state index is 0. The van der Waals surface area contributed by atoms with Crippen molar-refractivity contribution in [3.8, 4) is 0 Å². The number of hydrogen-bond acceptors (Lipinski definition) is 3. The maximum absolute atomic E-state index is 8.53. The molecule has 0 atom stereocenters. The van der Waals surface area contributed by atoms with E-state index in [1.54, 1.807) is 0 Å². The van der Waals surface area contributed by atoms with Gasteiger partial charge >= 0.3 is 70.2 Å². The smallest absolute Gasteiger partial charge is 0.871 e. The van der Waals surface area contributed by atoms with Crippen molar-refractivity contribution >= 4 is 7.32 Å². The van der Waals surface area contributed by atoms with E-state index in [1.807, 2.05) is 0 Å². The molecule has 1 N–H and O–H groups in total. The minimum atomic E-state index is -2.67. The molecule has 0 radical (unpaired) electrons. The van der Waals surface area contributed by atoms with E-state index < -0.39 is 7.32 Å². The first-order chi connectivity index (χ1) is 1.73. The topological polar surface area (TPSA) is 66.3 Å². The Balaban J connectivity index is -0.0000000450. The summed E-state index contributed by atoms with van der Waals surface area (Å²) in [4.78, 5) is 0. The number of hydrogen-bond donors (Lipinski definition) is 1. The van der Waals surface area contributed by atoms with Crippen molar-refractivity contribution in [1.29, 1.82) is 0 Å². The second-order valence-electron chi connectivity index (χ2n) is 0.307. The molecule has 0 rings (SSSR count). The second-order valence-corrected chi connectivity index (χ2v) is 0.307. The molecule has 0 amide bonds. The van der Waals surface area contributed by atoms with Crippen LogP contribution in [0.3, 0.4) is 0 Å². The maximum Gasteiger partial charge on any atom is 1.00 e. The van der Waals surface area contributed by atoms with Gasteiger partial charge in [0.15, 0.2) is 0 Å². The van der Waals surface area contributed by atoms with E-state index in [0.717, 1.165) is 0 Å². The standard InChI is InChI=1S/BHO3.K.Li/c2-1(3)4;;/h2H;;/q-2;2*+1. The Bertz CT molecular complexity index is 15.5. The molecule has 3 nitrogen and oxygen atoms in total. The zero-order chi connectivity index (χ0) is 3.58. The average Bonchev–Trinajstić information content (AvgIpc) is 0.811. The summed E-state index contributed by atoms with van der Waals surface area (Å²) in [5.74, 6) is 0. The minimum Gasteiger partial charge on any atom is -0.871 e. The molecule has 0 heterocycles. The fourth-order valence-corrected chi connectivity index (χ4v) is 0. The van der Waals surface area contributed by atoms with Crippen LogP contribution in [0.15, 0.2) is 0 Å². The Morgan fingerprint density at radius 1 is 1.33 bits per heavy atom. The molecule has 0 saturated heterocycles. The predicted molar refractivity (Wildman–Crippen MR) is 7.97 cm³/mol. The van der Waals surface area contributed by atoms with Gasteiger partial charge in [-0.05, 0) is 0 Å². The van der Waals surface area contributed by atoms with Gasteiger partial charge < -0.3 is 15.1 Å². The predicted octanol–water partition coefficient (Wildman–Crippen LogP) is -9.31. The Morgan fingerprint density at radius 2 is 1.33 bits per heavy atom. The molecule has 0 saturated carbocycles. The SMILES string of the molecule is [K+].[Li+].[O-]B([O-])O. The second kappa shape index (κ2) is 10.2. The van der Waals surface area contributed by atoms with Crippen molar-refractivity contribution in [2.45, 2.75) is 0 Å². The zero-order valence-corrected chi connectivity index (χ0v) is 6.96. The summed E-state index contributed by atoms with van der Waals surface area (Å²) >= 11 is 0. The molecule has 0 aliphatic carbocycles. The first-order valence-electron chi connectivity index (χ1n) is 0.730. The van der Waals surface area contributed by atoms with Crippen LogP contribution in [0.1, 0.15) is 0 Å². The molecule has 0 unspecified atom stereocenters. The van der Waals surface area contributed by atoms with Gasteiger partial charge in [-0.2, -0.15) is 0 Å². The first-order valence-corrected chi connectivity index (χ1v) is 0.730. The Kier molecular flexibility index (Phi) is 26.8. The summed E-state index contributed by atoms with van der Waals surface area (Å²) in [5, 5.41) is 24.0. The van der Waals surface area contributed by atoms with Crippen molar-refractivity contribution < 1.29 is 85.3 Å². The monoisotopic (exact) mass is 106 g/mol. The van der Waals surface area contributed by atoms with Crippen LogP contribution < -0.4 is 80.3 Å². The van der Waals surface area contributed by atoms with E-state index in [2.05, 4.69) is 0 Å². The van der Waals surface area contributed by atoms with Crippen LogP contribution in [0.2, 0.25) is 0 Å². The van der Waals surface area contributed by atoms with E-state index in [4.69, 9.17) is 15.1 Å². The summed E-state index contributed by atoms with van der Waals surface area (Å²) < 4.78 is 0. The molecular weight excluding hydrogens is 105 g/mol. The number of rotatable bonds is 0. The Labute approximate surface area is 90.9 Å². The van der Waals surface area contributed by atoms with Crippen molar-refractivity contribution in [2.75, 3.05) is 0 Å². The molecule has 0 aliphatic heterocycles. The molecule has 0 spiro atoms. The van der Waals surface area contributed by atoms with Crippen LogP contribution in [-0.2, 0) is 0 Å². The molecule has 0 aliphatic rings. The fourth-order valence-electron chi connectivity index (χ4n) is 0. The van der Waals surface area contributed by atoms with Gasteiger partial charge in [0.2, 0.25) is 0 Å². The van der Waals surface area contributed by atoms with Gasteiger partial charge in [-0.25, -0.2) is 0 Å². The summed E-state index contributed by atoms with van der Waals surface area (Å²) in [5.41, 5.74) is 0. The van der Waals surface area contributed by atoms with Gasteiger partial charge in [0.05, 0.1) is 7.32 Å². The van der Waals surface area contributed by atoms with Gasteiger partial charge in [0.25, 0.3) is 0 Å². The van der Waals surface area contributed by atoms with Gasteiger partial charge in [0.1, 0.15) is 0 Å². The molecule has 0 fully saturated rings. The van der Waals surface area contributed by atoms with Crippen molar-refractivity contribution in [3.05, 3.63) is 0 Å². The summed E-state index contributed by atoms with van der Waals surface area (Å²) in [7, 11) is -2.67. The Morgan fingerprint density at radius 3 is 1.33 bits per heavy atom. The van der Waals surface area contributed by atoms with E-state index in [9.17, 15) is 0 Å². The summed E-state index contributed by atoms with van der Waals surface area (Å²) in [6.45, 7) is 0. The van der Waals surface area contributed by atoms with Crippen molar-refractivity contribution in [1.82, 2.24) is 0 Å². The van der Waals surface area contributed by atoms with Gasteiger partial charge in [-0.1, -0.05) is 0 Å². The van der Waals surface area contributed by atoms with Crippen LogP contribution in [0.25, 0.3) is 0 Å². The van der Waals surface area contributed by atoms with Gasteiger partial charge in [0, 0.05) is 0 Å². The van der Waals surface area contributed by atoms with E-state index in [1.165, 1.54) is 0 Å². The first kappa shape index (κ1) is 15.7. The molecule has 24 valence electrons. The third kappa shape index (κ3) is 34.9. The molecule has 6 heavy (non-hydrogen) atoms. The molecular formula is HBKLiO3. The van der Waals surface area contributed by atoms with Crippen LogP contribution in [-0.4, -0.2) is 12.3 Å². The quantitative estimate of drug-likeness (QED) is 0.312. The third-order valence-corrected chi connectivity index (χ3v) is 0. The fraction of sp³-hybridized carbons (Fsp3) is 0. The molecule has 0 aromatic carbocycles. The largest absolute Gasteiger partial charge is 1.00 e. The van der Waals surface area contributed by atoms with Crippen molar-refractivity contribution in [3.63, 3.8) is 0 Å². The van der Waals surface area contributed by atoms with E-state index in [-0.39, 0.29) is 70.2 Å². The van der Waals surface area contributed by atoms with E-state index >= 15 is 0 Å². The maximum atomic E-state index is 8.53. The molecule has 0 aromatic heterocycles. The zero-order valence-electron chi connectivity index (χ0n) is 3.84. The molecule has 0 bridgehead atoms. The normalized spacial score (nSPS) is 4.50. The van der Waals surface area contributed by atoms with Crippen LogP contribution in [0.5, 0.6) is 0 Å². The summed E-state index contributed by atoms with van der Waals surface area (Å²) in [6.07, 6.45) is 0. The van der Waals surface area contributed by atoms with Gasteiger partial charge in [-0.15, -0.1) is 0 Å². The van der Waals surface area contributed by atoms with Crippen LogP contribution in [0.4, 0.5) is 0 Å². The average molecular weight is 106 g/mol. The van der Waals surface area contributed by atoms with E-state index in [0.29, 0.717) is 0 Å². The van der Waals surface area contributed by atoms with Crippen LogP contribution >= 0.6 is 0 Å². The summed E-state index contributed by atoms with van der Waals surface area (Å²) in [6, 6.07) is 0. The third-order valence-electron chi connectivity index (χ3n) is 0. The molecule has 6 heteroatoms. The Hall–Kier alpha value is 2.18. The van der Waals surface area contributed by atoms with Gasteiger partial charge in [-0.3, -0.25) is 0 Å².